The molecule has 0 radical (unpaired) electrons. The van der Waals surface area contributed by atoms with Gasteiger partial charge in [-0.25, -0.2) is 4.90 Å². The van der Waals surface area contributed by atoms with Gasteiger partial charge in [0.1, 0.15) is 23.0 Å². The molecule has 0 saturated carbocycles. The first-order chi connectivity index (χ1) is 17.4. The first-order valence-electron chi connectivity index (χ1n) is 10.7. The SMILES string of the molecule is N#Cc1ccc(Oc2ccc(N3C(=O)c4ccc(Oc5ccc(C(=O)[O-])cc5)cc4C3=O)cc2)cc1. The Morgan fingerprint density at radius 1 is 0.694 bits per heavy atom. The van der Waals surface area contributed by atoms with Crippen LogP contribution >= 0.6 is 0 Å². The molecule has 0 unspecified atom stereocenters. The first-order valence-corrected chi connectivity index (χ1v) is 10.7. The molecule has 1 heterocycles. The second-order valence-electron chi connectivity index (χ2n) is 7.80. The van der Waals surface area contributed by atoms with Crippen LogP contribution in [0, 0.1) is 11.3 Å². The number of nitriles is 1. The number of hydrogen-bond acceptors (Lipinski definition) is 7. The molecular weight excluding hydrogens is 460 g/mol. The van der Waals surface area contributed by atoms with Crippen molar-refractivity contribution in [3.63, 3.8) is 0 Å². The van der Waals surface area contributed by atoms with Gasteiger partial charge in [0.15, 0.2) is 0 Å². The topological polar surface area (TPSA) is 120 Å². The fourth-order valence-corrected chi connectivity index (χ4v) is 3.71. The van der Waals surface area contributed by atoms with Crippen molar-refractivity contribution >= 4 is 23.5 Å². The van der Waals surface area contributed by atoms with Gasteiger partial charge < -0.3 is 19.4 Å². The van der Waals surface area contributed by atoms with E-state index in [1.807, 2.05) is 6.07 Å². The maximum atomic E-state index is 13.1. The Balaban J connectivity index is 1.32. The highest BCUT2D eigenvalue weighted by molar-refractivity contribution is 6.34. The van der Waals surface area contributed by atoms with Crippen molar-refractivity contribution in [1.29, 1.82) is 5.26 Å². The van der Waals surface area contributed by atoms with Crippen LogP contribution in [0.2, 0.25) is 0 Å². The lowest BCUT2D eigenvalue weighted by atomic mass is 10.1. The van der Waals surface area contributed by atoms with Crippen LogP contribution < -0.4 is 19.5 Å². The smallest absolute Gasteiger partial charge is 0.266 e. The van der Waals surface area contributed by atoms with E-state index in [0.717, 1.165) is 4.90 Å². The van der Waals surface area contributed by atoms with Gasteiger partial charge in [-0.3, -0.25) is 9.59 Å². The molecule has 4 aromatic carbocycles. The highest BCUT2D eigenvalue weighted by atomic mass is 16.5. The predicted molar refractivity (Wildman–Crippen MR) is 126 cm³/mol. The van der Waals surface area contributed by atoms with Crippen molar-refractivity contribution in [2.24, 2.45) is 0 Å². The number of carbonyl (C=O) groups excluding carboxylic acids is 3. The quantitative estimate of drug-likeness (QED) is 0.381. The average molecular weight is 475 g/mol. The summed E-state index contributed by atoms with van der Waals surface area (Å²) in [5.74, 6) is -0.508. The molecule has 36 heavy (non-hydrogen) atoms. The Morgan fingerprint density at radius 2 is 1.19 bits per heavy atom. The third-order valence-electron chi connectivity index (χ3n) is 5.50. The summed E-state index contributed by atoms with van der Waals surface area (Å²) in [6.45, 7) is 0. The molecule has 0 aliphatic carbocycles. The number of ether oxygens (including phenoxy) is 2. The van der Waals surface area contributed by atoms with Crippen LogP contribution in [0.3, 0.4) is 0 Å². The van der Waals surface area contributed by atoms with Gasteiger partial charge in [0.25, 0.3) is 11.8 Å². The van der Waals surface area contributed by atoms with Crippen LogP contribution in [0.4, 0.5) is 5.69 Å². The van der Waals surface area contributed by atoms with Crippen LogP contribution in [0.5, 0.6) is 23.0 Å². The Labute approximate surface area is 205 Å². The number of carboxylic acid groups (broad SMARTS) is 1. The number of carbonyl (C=O) groups is 3. The van der Waals surface area contributed by atoms with Crippen LogP contribution in [0.25, 0.3) is 0 Å². The number of fused-ring (bicyclic) bond motifs is 1. The lowest BCUT2D eigenvalue weighted by molar-refractivity contribution is -0.255. The molecule has 0 atom stereocenters. The van der Waals surface area contributed by atoms with Crippen molar-refractivity contribution in [2.75, 3.05) is 4.90 Å². The minimum Gasteiger partial charge on any atom is -0.545 e. The number of amides is 2. The zero-order valence-corrected chi connectivity index (χ0v) is 18.5. The van der Waals surface area contributed by atoms with Gasteiger partial charge in [-0.1, -0.05) is 0 Å². The standard InChI is InChI=1S/C28H16N2O6/c29-16-17-1-7-20(8-2-17)35-22-11-5-19(6-12-22)30-26(31)24-14-13-23(15-25(24)27(30)32)36-21-9-3-18(4-10-21)28(33)34/h1-15H,(H,33,34)/p-1. The van der Waals surface area contributed by atoms with Crippen LogP contribution in [0.1, 0.15) is 36.6 Å². The normalized spacial score (nSPS) is 12.1. The zero-order chi connectivity index (χ0) is 25.2. The second kappa shape index (κ2) is 9.08. The van der Waals surface area contributed by atoms with Crippen molar-refractivity contribution in [2.45, 2.75) is 0 Å². The molecule has 5 rings (SSSR count). The zero-order valence-electron chi connectivity index (χ0n) is 18.5. The molecule has 0 spiro atoms. The van der Waals surface area contributed by atoms with E-state index in [-0.39, 0.29) is 16.7 Å². The van der Waals surface area contributed by atoms with Crippen LogP contribution in [-0.4, -0.2) is 17.8 Å². The largest absolute Gasteiger partial charge is 0.545 e. The van der Waals surface area contributed by atoms with Gasteiger partial charge in [0.2, 0.25) is 0 Å². The van der Waals surface area contributed by atoms with Crippen molar-refractivity contribution in [1.82, 2.24) is 0 Å². The van der Waals surface area contributed by atoms with E-state index in [4.69, 9.17) is 14.7 Å². The molecule has 0 saturated heterocycles. The molecular formula is C28H15N2O6-. The Bertz CT molecular complexity index is 1540. The second-order valence-corrected chi connectivity index (χ2v) is 7.80. The molecule has 2 amide bonds. The minimum absolute atomic E-state index is 0.0149. The van der Waals surface area contributed by atoms with E-state index < -0.39 is 17.8 Å². The predicted octanol–water partition coefficient (Wildman–Crippen LogP) is 4.31. The summed E-state index contributed by atoms with van der Waals surface area (Å²) < 4.78 is 11.5. The summed E-state index contributed by atoms with van der Waals surface area (Å²) in [6, 6.07) is 25.4. The lowest BCUT2D eigenvalue weighted by Gasteiger charge is -2.14. The van der Waals surface area contributed by atoms with Gasteiger partial charge in [-0.2, -0.15) is 5.26 Å². The third-order valence-corrected chi connectivity index (χ3v) is 5.50. The molecule has 8 nitrogen and oxygen atoms in total. The molecule has 0 N–H and O–H groups in total. The van der Waals surface area contributed by atoms with E-state index in [1.54, 1.807) is 54.6 Å². The van der Waals surface area contributed by atoms with Crippen LogP contribution in [-0.2, 0) is 0 Å². The van der Waals surface area contributed by atoms with E-state index in [9.17, 15) is 19.5 Å². The van der Waals surface area contributed by atoms with Crippen LogP contribution in [0.15, 0.2) is 91.0 Å². The van der Waals surface area contributed by atoms with Crippen molar-refractivity contribution in [3.05, 3.63) is 113 Å². The summed E-state index contributed by atoms with van der Waals surface area (Å²) in [7, 11) is 0. The van der Waals surface area contributed by atoms with E-state index in [2.05, 4.69) is 0 Å². The highest BCUT2D eigenvalue weighted by Crippen LogP contribution is 2.33. The molecule has 4 aromatic rings. The summed E-state index contributed by atoms with van der Waals surface area (Å²) in [6.07, 6.45) is 0. The third kappa shape index (κ3) is 4.24. The van der Waals surface area contributed by atoms with Crippen molar-refractivity contribution in [3.8, 4) is 29.1 Å². The molecule has 0 aromatic heterocycles. The lowest BCUT2D eigenvalue weighted by Crippen LogP contribution is -2.29. The molecule has 8 heteroatoms. The van der Waals surface area contributed by atoms with Gasteiger partial charge in [-0.15, -0.1) is 0 Å². The van der Waals surface area contributed by atoms with E-state index in [1.165, 1.54) is 36.4 Å². The number of carboxylic acids is 1. The summed E-state index contributed by atoms with van der Waals surface area (Å²) in [4.78, 5) is 38.0. The molecule has 1 aliphatic heterocycles. The fourth-order valence-electron chi connectivity index (χ4n) is 3.71. The Morgan fingerprint density at radius 3 is 1.78 bits per heavy atom. The maximum absolute atomic E-state index is 13.1. The summed E-state index contributed by atoms with van der Waals surface area (Å²) in [5.41, 5.74) is 1.36. The van der Waals surface area contributed by atoms with Gasteiger partial charge in [0, 0.05) is 0 Å². The number of hydrogen-bond donors (Lipinski definition) is 0. The van der Waals surface area contributed by atoms with Gasteiger partial charge >= 0.3 is 0 Å². The first kappa shape index (κ1) is 22.4. The van der Waals surface area contributed by atoms with E-state index >= 15 is 0 Å². The number of benzene rings is 4. The average Bonchev–Trinajstić information content (AvgIpc) is 3.14. The number of aromatic carboxylic acids is 1. The monoisotopic (exact) mass is 475 g/mol. The number of nitrogens with zero attached hydrogens (tertiary/aromatic N) is 2. The number of anilines is 1. The van der Waals surface area contributed by atoms with E-state index in [0.29, 0.717) is 34.2 Å². The Kier molecular flexibility index (Phi) is 5.64. The number of rotatable bonds is 6. The van der Waals surface area contributed by atoms with Gasteiger partial charge in [0.05, 0.1) is 34.4 Å². The molecule has 0 fully saturated rings. The highest BCUT2D eigenvalue weighted by Gasteiger charge is 2.37. The number of imide groups is 1. The summed E-state index contributed by atoms with van der Waals surface area (Å²) >= 11 is 0. The fraction of sp³-hybridized carbons (Fsp3) is 0. The molecule has 174 valence electrons. The molecule has 1 aliphatic rings. The maximum Gasteiger partial charge on any atom is 0.266 e. The van der Waals surface area contributed by atoms with Gasteiger partial charge in [-0.05, 0) is 96.6 Å². The molecule has 0 bridgehead atoms. The van der Waals surface area contributed by atoms with Crippen molar-refractivity contribution < 1.29 is 29.0 Å². The Hall–Kier alpha value is -5.42. The summed E-state index contributed by atoms with van der Waals surface area (Å²) in [5, 5.41) is 19.8. The minimum atomic E-state index is -1.29.